The third-order valence-electron chi connectivity index (χ3n) is 2.61. The molecule has 21 heavy (non-hydrogen) atoms. The van der Waals surface area contributed by atoms with Gasteiger partial charge in [-0.15, -0.1) is 0 Å². The number of amides is 1. The second-order valence-corrected chi connectivity index (χ2v) is 4.22. The van der Waals surface area contributed by atoms with Gasteiger partial charge in [0.25, 0.3) is 5.91 Å². The summed E-state index contributed by atoms with van der Waals surface area (Å²) in [5.74, 6) is 0.793. The van der Waals surface area contributed by atoms with Crippen molar-refractivity contribution in [2.75, 3.05) is 26.3 Å². The lowest BCUT2D eigenvalue weighted by atomic mass is 10.2. The van der Waals surface area contributed by atoms with E-state index in [-0.39, 0.29) is 19.1 Å². The first-order valence-corrected chi connectivity index (χ1v) is 6.94. The molecule has 1 aromatic rings. The van der Waals surface area contributed by atoms with E-state index >= 15 is 0 Å². The number of rotatable bonds is 9. The number of carbonyl (C=O) groups excluding carboxylic acids is 1. The van der Waals surface area contributed by atoms with Crippen molar-refractivity contribution in [2.24, 2.45) is 0 Å². The standard InChI is InChI=1S/C15H21N3O3/c1-3-17-10-12-5-6-13(14(9-12)20-4-2)21-11-15(19)18-8-7-16/h5-6,9,17H,3-4,8,10-11H2,1-2H3,(H,18,19). The maximum absolute atomic E-state index is 11.4. The van der Waals surface area contributed by atoms with E-state index in [1.807, 2.05) is 32.0 Å². The Labute approximate surface area is 125 Å². The molecule has 0 fully saturated rings. The summed E-state index contributed by atoms with van der Waals surface area (Å²) < 4.78 is 11.0. The minimum Gasteiger partial charge on any atom is -0.490 e. The van der Waals surface area contributed by atoms with Crippen LogP contribution in [-0.4, -0.2) is 32.2 Å². The van der Waals surface area contributed by atoms with Gasteiger partial charge in [-0.25, -0.2) is 0 Å². The highest BCUT2D eigenvalue weighted by molar-refractivity contribution is 5.77. The van der Waals surface area contributed by atoms with Crippen LogP contribution in [0.4, 0.5) is 0 Å². The molecule has 0 radical (unpaired) electrons. The van der Waals surface area contributed by atoms with E-state index in [1.54, 1.807) is 6.07 Å². The summed E-state index contributed by atoms with van der Waals surface area (Å²) in [6.45, 7) is 5.92. The molecule has 0 heterocycles. The molecule has 0 atom stereocenters. The quantitative estimate of drug-likeness (QED) is 0.668. The van der Waals surface area contributed by atoms with E-state index in [0.717, 1.165) is 18.7 Å². The first kappa shape index (κ1) is 16.8. The minimum atomic E-state index is -0.337. The molecule has 114 valence electrons. The molecule has 2 N–H and O–H groups in total. The number of nitrogens with zero attached hydrogens (tertiary/aromatic N) is 1. The number of carbonyl (C=O) groups is 1. The van der Waals surface area contributed by atoms with Crippen molar-refractivity contribution in [3.63, 3.8) is 0 Å². The van der Waals surface area contributed by atoms with Crippen molar-refractivity contribution in [3.8, 4) is 17.6 Å². The Morgan fingerprint density at radius 1 is 1.29 bits per heavy atom. The molecule has 0 aromatic heterocycles. The van der Waals surface area contributed by atoms with Crippen LogP contribution in [0.2, 0.25) is 0 Å². The molecule has 0 bridgehead atoms. The summed E-state index contributed by atoms with van der Waals surface area (Å²) in [5, 5.41) is 14.0. The fraction of sp³-hybridized carbons (Fsp3) is 0.467. The van der Waals surface area contributed by atoms with Crippen LogP contribution < -0.4 is 20.1 Å². The highest BCUT2D eigenvalue weighted by Gasteiger charge is 2.09. The van der Waals surface area contributed by atoms with Gasteiger partial charge in [-0.3, -0.25) is 4.79 Å². The minimum absolute atomic E-state index is 0.0257. The Balaban J connectivity index is 2.67. The zero-order valence-corrected chi connectivity index (χ0v) is 12.4. The van der Waals surface area contributed by atoms with Crippen LogP contribution in [0.15, 0.2) is 18.2 Å². The van der Waals surface area contributed by atoms with Crippen LogP contribution in [0, 0.1) is 11.3 Å². The predicted molar refractivity (Wildman–Crippen MR) is 79.1 cm³/mol. The highest BCUT2D eigenvalue weighted by atomic mass is 16.5. The first-order valence-electron chi connectivity index (χ1n) is 6.94. The number of benzene rings is 1. The van der Waals surface area contributed by atoms with Crippen LogP contribution >= 0.6 is 0 Å². The third-order valence-corrected chi connectivity index (χ3v) is 2.61. The monoisotopic (exact) mass is 291 g/mol. The van der Waals surface area contributed by atoms with Crippen LogP contribution in [0.1, 0.15) is 19.4 Å². The van der Waals surface area contributed by atoms with Gasteiger partial charge >= 0.3 is 0 Å². The van der Waals surface area contributed by atoms with Gasteiger partial charge in [0, 0.05) is 6.54 Å². The van der Waals surface area contributed by atoms with Gasteiger partial charge in [0.05, 0.1) is 12.7 Å². The molecule has 0 unspecified atom stereocenters. The SMILES string of the molecule is CCNCc1ccc(OCC(=O)NCC#N)c(OCC)c1. The van der Waals surface area contributed by atoms with E-state index in [2.05, 4.69) is 10.6 Å². The van der Waals surface area contributed by atoms with Crippen LogP contribution in [0.5, 0.6) is 11.5 Å². The van der Waals surface area contributed by atoms with Gasteiger partial charge in [0.2, 0.25) is 0 Å². The summed E-state index contributed by atoms with van der Waals surface area (Å²) >= 11 is 0. The van der Waals surface area contributed by atoms with Crippen molar-refractivity contribution in [3.05, 3.63) is 23.8 Å². The second-order valence-electron chi connectivity index (χ2n) is 4.22. The maximum Gasteiger partial charge on any atom is 0.258 e. The number of hydrogen-bond donors (Lipinski definition) is 2. The summed E-state index contributed by atoms with van der Waals surface area (Å²) in [6, 6.07) is 7.45. The summed E-state index contributed by atoms with van der Waals surface area (Å²) in [6.07, 6.45) is 0. The van der Waals surface area contributed by atoms with Crippen molar-refractivity contribution in [1.82, 2.24) is 10.6 Å². The van der Waals surface area contributed by atoms with Gasteiger partial charge in [-0.1, -0.05) is 13.0 Å². The van der Waals surface area contributed by atoms with E-state index in [4.69, 9.17) is 14.7 Å². The van der Waals surface area contributed by atoms with Crippen molar-refractivity contribution < 1.29 is 14.3 Å². The topological polar surface area (TPSA) is 83.4 Å². The lowest BCUT2D eigenvalue weighted by Gasteiger charge is -2.13. The van der Waals surface area contributed by atoms with Crippen molar-refractivity contribution >= 4 is 5.91 Å². The average Bonchev–Trinajstić information content (AvgIpc) is 2.50. The predicted octanol–water partition coefficient (Wildman–Crippen LogP) is 1.21. The number of hydrogen-bond acceptors (Lipinski definition) is 5. The van der Waals surface area contributed by atoms with Crippen molar-refractivity contribution in [2.45, 2.75) is 20.4 Å². The Kier molecular flexibility index (Phi) is 7.69. The average molecular weight is 291 g/mol. The molecule has 0 aliphatic carbocycles. The largest absolute Gasteiger partial charge is 0.490 e. The Bertz CT molecular complexity index is 497. The van der Waals surface area contributed by atoms with Crippen LogP contribution in [-0.2, 0) is 11.3 Å². The molecule has 0 aliphatic heterocycles. The Morgan fingerprint density at radius 3 is 2.76 bits per heavy atom. The molecule has 0 saturated heterocycles. The van der Waals surface area contributed by atoms with Gasteiger partial charge in [-0.05, 0) is 31.2 Å². The summed E-state index contributed by atoms with van der Waals surface area (Å²) in [7, 11) is 0. The Hall–Kier alpha value is -2.26. The first-order chi connectivity index (χ1) is 10.2. The zero-order valence-electron chi connectivity index (χ0n) is 12.4. The van der Waals surface area contributed by atoms with Crippen LogP contribution in [0.3, 0.4) is 0 Å². The van der Waals surface area contributed by atoms with Gasteiger partial charge in [-0.2, -0.15) is 5.26 Å². The number of nitriles is 1. The molecule has 0 saturated carbocycles. The van der Waals surface area contributed by atoms with Gasteiger partial charge in [0.1, 0.15) is 6.54 Å². The van der Waals surface area contributed by atoms with E-state index in [1.165, 1.54) is 0 Å². The molecule has 0 aliphatic rings. The normalized spacial score (nSPS) is 9.76. The fourth-order valence-electron chi connectivity index (χ4n) is 1.65. The highest BCUT2D eigenvalue weighted by Crippen LogP contribution is 2.28. The fourth-order valence-corrected chi connectivity index (χ4v) is 1.65. The number of ether oxygens (including phenoxy) is 2. The van der Waals surface area contributed by atoms with E-state index < -0.39 is 0 Å². The molecule has 6 nitrogen and oxygen atoms in total. The molecule has 1 rings (SSSR count). The van der Waals surface area contributed by atoms with Crippen molar-refractivity contribution in [1.29, 1.82) is 5.26 Å². The molecular weight excluding hydrogens is 270 g/mol. The lowest BCUT2D eigenvalue weighted by Crippen LogP contribution is -2.29. The Morgan fingerprint density at radius 2 is 2.10 bits per heavy atom. The number of nitrogens with one attached hydrogen (secondary N) is 2. The molecular formula is C15H21N3O3. The summed E-state index contributed by atoms with van der Waals surface area (Å²) in [5.41, 5.74) is 1.08. The second kappa shape index (κ2) is 9.61. The van der Waals surface area contributed by atoms with Gasteiger partial charge < -0.3 is 20.1 Å². The molecule has 1 amide bonds. The smallest absolute Gasteiger partial charge is 0.258 e. The molecule has 6 heteroatoms. The summed E-state index contributed by atoms with van der Waals surface area (Å²) in [4.78, 5) is 11.4. The third kappa shape index (κ3) is 6.15. The zero-order chi connectivity index (χ0) is 15.5. The van der Waals surface area contributed by atoms with E-state index in [0.29, 0.717) is 18.1 Å². The van der Waals surface area contributed by atoms with Crippen LogP contribution in [0.25, 0.3) is 0 Å². The van der Waals surface area contributed by atoms with E-state index in [9.17, 15) is 4.79 Å². The van der Waals surface area contributed by atoms with Gasteiger partial charge in [0.15, 0.2) is 18.1 Å². The molecule has 1 aromatic carbocycles. The molecule has 0 spiro atoms. The maximum atomic E-state index is 11.4. The lowest BCUT2D eigenvalue weighted by molar-refractivity contribution is -0.122.